The number of likely N-dealkylation sites (tertiary alicyclic amines) is 1. The molecule has 0 N–H and O–H groups in total. The van der Waals surface area contributed by atoms with Gasteiger partial charge in [-0.05, 0) is 88.3 Å². The van der Waals surface area contributed by atoms with E-state index in [4.69, 9.17) is 4.42 Å². The van der Waals surface area contributed by atoms with Crippen molar-refractivity contribution in [2.75, 3.05) is 26.2 Å². The summed E-state index contributed by atoms with van der Waals surface area (Å²) < 4.78 is 5.87. The molecular weight excluding hydrogens is 370 g/mol. The second kappa shape index (κ2) is 10.6. The lowest BCUT2D eigenvalue weighted by molar-refractivity contribution is 0.108. The van der Waals surface area contributed by atoms with Gasteiger partial charge in [0.25, 0.3) is 0 Å². The predicted molar refractivity (Wildman–Crippen MR) is 123 cm³/mol. The van der Waals surface area contributed by atoms with Gasteiger partial charge in [0.15, 0.2) is 0 Å². The van der Waals surface area contributed by atoms with E-state index in [1.54, 1.807) is 0 Å². The number of pyridine rings is 1. The zero-order valence-electron chi connectivity index (χ0n) is 18.9. The van der Waals surface area contributed by atoms with E-state index in [1.165, 1.54) is 63.7 Å². The number of furan rings is 1. The van der Waals surface area contributed by atoms with E-state index in [-0.39, 0.29) is 0 Å². The standard InChI is InChI=1S/C26H39N3O/c1-21(26-10-9-22(2)30-26)11-15-28(20-24-6-5-14-27-18-24)19-23-12-16-29(17-13-23)25-7-3-4-8-25/h5-6,9-10,14,18,21,23,25H,3-4,7-8,11-13,15-17,19-20H2,1-2H3. The van der Waals surface area contributed by atoms with Crippen molar-refractivity contribution in [1.82, 2.24) is 14.8 Å². The molecule has 2 aromatic rings. The number of hydrogen-bond donors (Lipinski definition) is 0. The SMILES string of the molecule is Cc1ccc(C(C)CCN(Cc2cccnc2)CC2CCN(C3CCCC3)CC2)o1. The van der Waals surface area contributed by atoms with Gasteiger partial charge >= 0.3 is 0 Å². The highest BCUT2D eigenvalue weighted by atomic mass is 16.3. The van der Waals surface area contributed by atoms with Crippen molar-refractivity contribution >= 4 is 0 Å². The fraction of sp³-hybridized carbons (Fsp3) is 0.654. The molecule has 30 heavy (non-hydrogen) atoms. The smallest absolute Gasteiger partial charge is 0.107 e. The average molecular weight is 410 g/mol. The van der Waals surface area contributed by atoms with Crippen LogP contribution in [-0.4, -0.2) is 47.0 Å². The third-order valence-corrected chi connectivity index (χ3v) is 7.26. The second-order valence-electron chi connectivity index (χ2n) is 9.65. The van der Waals surface area contributed by atoms with Crippen molar-refractivity contribution in [1.29, 1.82) is 0 Å². The Kier molecular flexibility index (Phi) is 7.62. The van der Waals surface area contributed by atoms with Crippen LogP contribution in [0.5, 0.6) is 0 Å². The van der Waals surface area contributed by atoms with Gasteiger partial charge in [-0.15, -0.1) is 0 Å². The van der Waals surface area contributed by atoms with E-state index < -0.39 is 0 Å². The van der Waals surface area contributed by atoms with Crippen molar-refractivity contribution in [2.45, 2.75) is 77.3 Å². The molecule has 1 saturated carbocycles. The molecule has 0 spiro atoms. The van der Waals surface area contributed by atoms with Gasteiger partial charge in [0.05, 0.1) is 0 Å². The fourth-order valence-electron chi connectivity index (χ4n) is 5.36. The molecule has 3 heterocycles. The first-order valence-electron chi connectivity index (χ1n) is 12.1. The molecule has 0 amide bonds. The lowest BCUT2D eigenvalue weighted by atomic mass is 9.94. The highest BCUT2D eigenvalue weighted by Crippen LogP contribution is 2.29. The molecule has 1 saturated heterocycles. The number of aryl methyl sites for hydroxylation is 1. The van der Waals surface area contributed by atoms with E-state index in [1.807, 2.05) is 19.3 Å². The molecule has 0 radical (unpaired) electrons. The molecule has 4 heteroatoms. The van der Waals surface area contributed by atoms with Crippen molar-refractivity contribution in [3.8, 4) is 0 Å². The highest BCUT2D eigenvalue weighted by molar-refractivity contribution is 5.10. The van der Waals surface area contributed by atoms with Crippen molar-refractivity contribution < 1.29 is 4.42 Å². The van der Waals surface area contributed by atoms with Crippen LogP contribution in [0.1, 0.15) is 74.9 Å². The zero-order chi connectivity index (χ0) is 20.8. The summed E-state index contributed by atoms with van der Waals surface area (Å²) in [5.74, 6) is 3.41. The lowest BCUT2D eigenvalue weighted by Gasteiger charge is -2.38. The molecule has 4 nitrogen and oxygen atoms in total. The van der Waals surface area contributed by atoms with E-state index in [9.17, 15) is 0 Å². The van der Waals surface area contributed by atoms with Gasteiger partial charge < -0.3 is 9.32 Å². The first kappa shape index (κ1) is 21.6. The van der Waals surface area contributed by atoms with Crippen LogP contribution in [0.4, 0.5) is 0 Å². The second-order valence-corrected chi connectivity index (χ2v) is 9.65. The number of nitrogens with zero attached hydrogens (tertiary/aromatic N) is 3. The summed E-state index contributed by atoms with van der Waals surface area (Å²) in [6, 6.07) is 9.38. The normalized spacial score (nSPS) is 20.2. The molecule has 1 aliphatic heterocycles. The van der Waals surface area contributed by atoms with E-state index in [0.29, 0.717) is 5.92 Å². The summed E-state index contributed by atoms with van der Waals surface area (Å²) in [7, 11) is 0. The minimum Gasteiger partial charge on any atom is -0.466 e. The van der Waals surface area contributed by atoms with Crippen LogP contribution < -0.4 is 0 Å². The van der Waals surface area contributed by atoms with Crippen LogP contribution >= 0.6 is 0 Å². The molecule has 4 rings (SSSR count). The van der Waals surface area contributed by atoms with Crippen LogP contribution in [-0.2, 0) is 6.54 Å². The minimum absolute atomic E-state index is 0.458. The highest BCUT2D eigenvalue weighted by Gasteiger charge is 2.28. The van der Waals surface area contributed by atoms with Crippen molar-refractivity contribution in [2.24, 2.45) is 5.92 Å². The Morgan fingerprint density at radius 2 is 1.93 bits per heavy atom. The summed E-state index contributed by atoms with van der Waals surface area (Å²) in [4.78, 5) is 9.79. The molecule has 2 aromatic heterocycles. The summed E-state index contributed by atoms with van der Waals surface area (Å²) in [5, 5.41) is 0. The van der Waals surface area contributed by atoms with Crippen LogP contribution in [0.3, 0.4) is 0 Å². The van der Waals surface area contributed by atoms with Crippen molar-refractivity contribution in [3.05, 3.63) is 53.7 Å². The van der Waals surface area contributed by atoms with Gasteiger partial charge in [-0.2, -0.15) is 0 Å². The lowest BCUT2D eigenvalue weighted by Crippen LogP contribution is -2.42. The topological polar surface area (TPSA) is 32.5 Å². The molecule has 2 fully saturated rings. The molecule has 1 atom stereocenters. The summed E-state index contributed by atoms with van der Waals surface area (Å²) >= 11 is 0. The van der Waals surface area contributed by atoms with Gasteiger partial charge in [0.2, 0.25) is 0 Å². The monoisotopic (exact) mass is 409 g/mol. The number of aromatic nitrogens is 1. The van der Waals surface area contributed by atoms with Gasteiger partial charge in [0.1, 0.15) is 11.5 Å². The van der Waals surface area contributed by atoms with Gasteiger partial charge in [-0.3, -0.25) is 9.88 Å². The quantitative estimate of drug-likeness (QED) is 0.537. The Labute approximate surface area is 182 Å². The maximum Gasteiger partial charge on any atom is 0.107 e. The van der Waals surface area contributed by atoms with E-state index in [0.717, 1.165) is 43.0 Å². The van der Waals surface area contributed by atoms with E-state index >= 15 is 0 Å². The van der Waals surface area contributed by atoms with Gasteiger partial charge in [-0.1, -0.05) is 25.8 Å². The maximum atomic E-state index is 5.87. The molecule has 0 bridgehead atoms. The molecule has 2 aliphatic rings. The third-order valence-electron chi connectivity index (χ3n) is 7.26. The van der Waals surface area contributed by atoms with Crippen LogP contribution in [0, 0.1) is 12.8 Å². The van der Waals surface area contributed by atoms with Crippen LogP contribution in [0.25, 0.3) is 0 Å². The number of hydrogen-bond acceptors (Lipinski definition) is 4. The molecule has 1 aliphatic carbocycles. The van der Waals surface area contributed by atoms with Crippen molar-refractivity contribution in [3.63, 3.8) is 0 Å². The largest absolute Gasteiger partial charge is 0.466 e. The predicted octanol–water partition coefficient (Wildman–Crippen LogP) is 5.63. The molecule has 1 unspecified atom stereocenters. The van der Waals surface area contributed by atoms with Gasteiger partial charge in [0, 0.05) is 37.4 Å². The zero-order valence-corrected chi connectivity index (χ0v) is 18.9. The van der Waals surface area contributed by atoms with Crippen LogP contribution in [0.15, 0.2) is 41.1 Å². The van der Waals surface area contributed by atoms with E-state index in [2.05, 4.69) is 46.0 Å². The number of piperidine rings is 1. The Balaban J connectivity index is 1.31. The summed E-state index contributed by atoms with van der Waals surface area (Å²) in [6.07, 6.45) is 13.5. The summed E-state index contributed by atoms with van der Waals surface area (Å²) in [5.41, 5.74) is 1.32. The van der Waals surface area contributed by atoms with Crippen LogP contribution in [0.2, 0.25) is 0 Å². The third kappa shape index (κ3) is 5.95. The average Bonchev–Trinajstić information content (AvgIpc) is 3.45. The fourth-order valence-corrected chi connectivity index (χ4v) is 5.36. The Hall–Kier alpha value is -1.65. The first-order chi connectivity index (χ1) is 14.7. The maximum absolute atomic E-state index is 5.87. The molecule has 0 aromatic carbocycles. The number of rotatable bonds is 9. The Bertz CT molecular complexity index is 745. The Morgan fingerprint density at radius 1 is 1.13 bits per heavy atom. The molecular formula is C26H39N3O. The summed E-state index contributed by atoms with van der Waals surface area (Å²) in [6.45, 7) is 10.2. The molecule has 164 valence electrons. The minimum atomic E-state index is 0.458. The van der Waals surface area contributed by atoms with Gasteiger partial charge in [-0.25, -0.2) is 0 Å². The Morgan fingerprint density at radius 3 is 2.60 bits per heavy atom. The first-order valence-corrected chi connectivity index (χ1v) is 12.1.